The first-order chi connectivity index (χ1) is 12.7. The van der Waals surface area contributed by atoms with Crippen LogP contribution in [-0.2, 0) is 9.53 Å². The van der Waals surface area contributed by atoms with E-state index in [9.17, 15) is 4.79 Å². The van der Waals surface area contributed by atoms with Gasteiger partial charge in [-0.15, -0.1) is 0 Å². The Bertz CT molecular complexity index is 619. The average Bonchev–Trinajstić information content (AvgIpc) is 2.57. The van der Waals surface area contributed by atoms with Crippen LogP contribution in [0.2, 0.25) is 0 Å². The Morgan fingerprint density at radius 2 is 1.50 bits per heavy atom. The van der Waals surface area contributed by atoms with Crippen LogP contribution in [0.3, 0.4) is 0 Å². The number of carbonyl (C=O) groups is 1. The van der Waals surface area contributed by atoms with Crippen molar-refractivity contribution in [2.75, 3.05) is 0 Å². The van der Waals surface area contributed by atoms with Crippen LogP contribution in [0.1, 0.15) is 100.0 Å². The van der Waals surface area contributed by atoms with E-state index in [-0.39, 0.29) is 11.4 Å². The van der Waals surface area contributed by atoms with Crippen LogP contribution in [0.5, 0.6) is 5.75 Å². The van der Waals surface area contributed by atoms with E-state index in [0.717, 1.165) is 12.8 Å². The molecule has 3 nitrogen and oxygen atoms in total. The number of ether oxygens (including phenoxy) is 2. The predicted molar refractivity (Wildman–Crippen MR) is 118 cm³/mol. The van der Waals surface area contributed by atoms with Gasteiger partial charge in [-0.1, -0.05) is 60.1 Å². The molecule has 0 amide bonds. The second-order valence-corrected chi connectivity index (χ2v) is 10.5. The molecule has 28 heavy (non-hydrogen) atoms. The number of benzene rings is 1. The molecule has 3 atom stereocenters. The van der Waals surface area contributed by atoms with Gasteiger partial charge in [-0.05, 0) is 75.5 Å². The van der Waals surface area contributed by atoms with E-state index in [1.807, 2.05) is 39.8 Å². The monoisotopic (exact) mass is 390 g/mol. The lowest BCUT2D eigenvalue weighted by Gasteiger charge is -2.32. The summed E-state index contributed by atoms with van der Waals surface area (Å²) in [5, 5.41) is 0. The quantitative estimate of drug-likeness (QED) is 0.442. The first-order valence-corrected chi connectivity index (χ1v) is 10.7. The highest BCUT2D eigenvalue weighted by atomic mass is 16.6. The number of carbonyl (C=O) groups excluding carboxylic acids is 1. The third kappa shape index (κ3) is 7.48. The lowest BCUT2D eigenvalue weighted by Crippen LogP contribution is -2.45. The van der Waals surface area contributed by atoms with Gasteiger partial charge in [0.15, 0.2) is 0 Å². The van der Waals surface area contributed by atoms with Crippen molar-refractivity contribution in [3.8, 4) is 5.75 Å². The van der Waals surface area contributed by atoms with Crippen molar-refractivity contribution in [1.29, 1.82) is 0 Å². The van der Waals surface area contributed by atoms with Crippen molar-refractivity contribution in [3.05, 3.63) is 29.8 Å². The van der Waals surface area contributed by atoms with E-state index in [1.54, 1.807) is 6.92 Å². The van der Waals surface area contributed by atoms with Crippen molar-refractivity contribution >= 4 is 5.97 Å². The van der Waals surface area contributed by atoms with Crippen LogP contribution in [0.25, 0.3) is 0 Å². The van der Waals surface area contributed by atoms with Crippen molar-refractivity contribution in [1.82, 2.24) is 0 Å². The Labute approximate surface area is 173 Å². The third-order valence-electron chi connectivity index (χ3n) is 5.32. The second-order valence-electron chi connectivity index (χ2n) is 10.5. The van der Waals surface area contributed by atoms with Gasteiger partial charge in [0, 0.05) is 0 Å². The van der Waals surface area contributed by atoms with Crippen molar-refractivity contribution in [3.63, 3.8) is 0 Å². The van der Waals surface area contributed by atoms with Crippen molar-refractivity contribution in [2.24, 2.45) is 11.3 Å². The summed E-state index contributed by atoms with van der Waals surface area (Å²) >= 11 is 0. The number of hydrogen-bond donors (Lipinski definition) is 0. The van der Waals surface area contributed by atoms with E-state index in [4.69, 9.17) is 9.47 Å². The van der Waals surface area contributed by atoms with Crippen molar-refractivity contribution < 1.29 is 14.3 Å². The van der Waals surface area contributed by atoms with Gasteiger partial charge < -0.3 is 9.47 Å². The molecule has 0 N–H and O–H groups in total. The van der Waals surface area contributed by atoms with E-state index >= 15 is 0 Å². The van der Waals surface area contributed by atoms with Crippen LogP contribution >= 0.6 is 0 Å². The van der Waals surface area contributed by atoms with Gasteiger partial charge in [-0.2, -0.15) is 0 Å². The fourth-order valence-electron chi connectivity index (χ4n) is 3.28. The van der Waals surface area contributed by atoms with Gasteiger partial charge in [0.1, 0.15) is 11.4 Å². The Morgan fingerprint density at radius 1 is 0.964 bits per heavy atom. The normalized spacial score (nSPS) is 16.8. The highest BCUT2D eigenvalue weighted by Crippen LogP contribution is 2.38. The lowest BCUT2D eigenvalue weighted by molar-refractivity contribution is -0.172. The topological polar surface area (TPSA) is 35.5 Å². The first kappa shape index (κ1) is 24.5. The molecule has 0 saturated carbocycles. The van der Waals surface area contributed by atoms with Gasteiger partial charge in [-0.25, -0.2) is 4.79 Å². The number of hydrogen-bond acceptors (Lipinski definition) is 3. The summed E-state index contributed by atoms with van der Waals surface area (Å²) < 4.78 is 11.7. The molecular formula is C25H42O3. The fraction of sp³-hybridized carbons (Fsp3) is 0.720. The van der Waals surface area contributed by atoms with E-state index in [2.05, 4.69) is 46.8 Å². The minimum atomic E-state index is -0.990. The van der Waals surface area contributed by atoms with Crippen LogP contribution < -0.4 is 4.74 Å². The highest BCUT2D eigenvalue weighted by molar-refractivity contribution is 5.79. The molecular weight excluding hydrogens is 348 g/mol. The molecule has 3 unspecified atom stereocenters. The average molecular weight is 391 g/mol. The maximum atomic E-state index is 12.6. The van der Waals surface area contributed by atoms with Crippen LogP contribution in [0, 0.1) is 11.3 Å². The molecule has 0 aliphatic rings. The zero-order valence-corrected chi connectivity index (χ0v) is 19.8. The van der Waals surface area contributed by atoms with Gasteiger partial charge in [-0.3, -0.25) is 0 Å². The largest absolute Gasteiger partial charge is 0.476 e. The second kappa shape index (κ2) is 9.33. The lowest BCUT2D eigenvalue weighted by atomic mass is 9.75. The minimum absolute atomic E-state index is 0.279. The molecule has 0 bridgehead atoms. The summed E-state index contributed by atoms with van der Waals surface area (Å²) in [5.74, 6) is 1.52. The molecule has 1 aromatic rings. The number of rotatable bonds is 8. The van der Waals surface area contributed by atoms with E-state index in [1.165, 1.54) is 5.56 Å². The Kier molecular flexibility index (Phi) is 8.17. The standard InChI is InChI=1S/C25H42O3/c1-11-18(3)21(17-23(4,5)6)19-13-15-20(16-14-19)27-25(10,12-2)22(26)28-24(7,8)9/h13-16,18,21H,11-12,17H2,1-10H3. The van der Waals surface area contributed by atoms with Crippen LogP contribution in [0.4, 0.5) is 0 Å². The Hall–Kier alpha value is -1.51. The smallest absolute Gasteiger partial charge is 0.350 e. The minimum Gasteiger partial charge on any atom is -0.476 e. The summed E-state index contributed by atoms with van der Waals surface area (Å²) in [6.07, 6.45) is 2.85. The van der Waals surface area contributed by atoms with Crippen LogP contribution in [0.15, 0.2) is 24.3 Å². The molecule has 0 aliphatic carbocycles. The molecule has 3 heteroatoms. The maximum Gasteiger partial charge on any atom is 0.350 e. The van der Waals surface area contributed by atoms with Gasteiger partial charge in [0.25, 0.3) is 0 Å². The van der Waals surface area contributed by atoms with Crippen molar-refractivity contribution in [2.45, 2.75) is 106 Å². The van der Waals surface area contributed by atoms with Gasteiger partial charge in [0.05, 0.1) is 0 Å². The number of esters is 1. The Balaban J connectivity index is 3.02. The zero-order chi connectivity index (χ0) is 21.8. The highest BCUT2D eigenvalue weighted by Gasteiger charge is 2.38. The molecule has 0 aromatic heterocycles. The molecule has 1 rings (SSSR count). The molecule has 0 saturated heterocycles. The molecule has 0 spiro atoms. The molecule has 0 aliphatic heterocycles. The molecule has 0 radical (unpaired) electrons. The predicted octanol–water partition coefficient (Wildman–Crippen LogP) is 7.14. The van der Waals surface area contributed by atoms with Crippen LogP contribution in [-0.4, -0.2) is 17.2 Å². The fourth-order valence-corrected chi connectivity index (χ4v) is 3.28. The van der Waals surface area contributed by atoms with Gasteiger partial charge >= 0.3 is 5.97 Å². The summed E-state index contributed by atoms with van der Waals surface area (Å²) in [6.45, 7) is 20.9. The summed E-state index contributed by atoms with van der Waals surface area (Å²) in [6, 6.07) is 8.30. The molecule has 0 fully saturated rings. The van der Waals surface area contributed by atoms with E-state index < -0.39 is 11.2 Å². The summed E-state index contributed by atoms with van der Waals surface area (Å²) in [7, 11) is 0. The van der Waals surface area contributed by atoms with Gasteiger partial charge in [0.2, 0.25) is 5.60 Å². The Morgan fingerprint density at radius 3 is 1.89 bits per heavy atom. The SMILES string of the molecule is CCC(C)C(CC(C)(C)C)c1ccc(OC(C)(CC)C(=O)OC(C)(C)C)cc1. The third-order valence-corrected chi connectivity index (χ3v) is 5.32. The summed E-state index contributed by atoms with van der Waals surface area (Å²) in [4.78, 5) is 12.6. The zero-order valence-electron chi connectivity index (χ0n) is 19.8. The molecule has 0 heterocycles. The van der Waals surface area contributed by atoms with E-state index in [0.29, 0.717) is 24.0 Å². The molecule has 160 valence electrons. The molecule has 1 aromatic carbocycles. The summed E-state index contributed by atoms with van der Waals surface area (Å²) in [5.41, 5.74) is 0.0981. The first-order valence-electron chi connectivity index (χ1n) is 10.7. The maximum absolute atomic E-state index is 12.6.